The van der Waals surface area contributed by atoms with Crippen LogP contribution in [0.2, 0.25) is 0 Å². The first-order valence-corrected chi connectivity index (χ1v) is 14.6. The SMILES string of the molecule is CCOC(=O)C1=C(C)N=c2s/c(=C\c3ccc(-c4cc([N+](=O)[O-])ccc4C)o3)c(=O)n2C1c1cc(OC)c(OC)cc1Br. The Balaban J connectivity index is 1.67. The molecule has 0 fully saturated rings. The van der Waals surface area contributed by atoms with Gasteiger partial charge in [-0.3, -0.25) is 19.5 Å². The van der Waals surface area contributed by atoms with Crippen LogP contribution in [-0.4, -0.2) is 36.3 Å². The smallest absolute Gasteiger partial charge is 0.338 e. The highest BCUT2D eigenvalue weighted by molar-refractivity contribution is 9.10. The van der Waals surface area contributed by atoms with Gasteiger partial charge in [-0.15, -0.1) is 0 Å². The number of fused-ring (bicyclic) bond motifs is 1. The van der Waals surface area contributed by atoms with Crippen molar-refractivity contribution in [1.82, 2.24) is 4.57 Å². The zero-order valence-corrected chi connectivity index (χ0v) is 26.2. The van der Waals surface area contributed by atoms with E-state index in [2.05, 4.69) is 20.9 Å². The van der Waals surface area contributed by atoms with Crippen LogP contribution in [0.15, 0.2) is 72.4 Å². The summed E-state index contributed by atoms with van der Waals surface area (Å²) in [6, 6.07) is 10.5. The lowest BCUT2D eigenvalue weighted by molar-refractivity contribution is -0.384. The Morgan fingerprint density at radius 1 is 1.16 bits per heavy atom. The predicted molar refractivity (Wildman–Crippen MR) is 163 cm³/mol. The third kappa shape index (κ3) is 5.53. The van der Waals surface area contributed by atoms with E-state index < -0.39 is 22.5 Å². The number of non-ortho nitro benzene ring substituents is 1. The maximum atomic E-state index is 14.0. The Bertz CT molecular complexity index is 1990. The second kappa shape index (κ2) is 12.0. The minimum absolute atomic E-state index is 0.0547. The fraction of sp³-hybridized carbons (Fsp3) is 0.233. The summed E-state index contributed by atoms with van der Waals surface area (Å²) in [5, 5.41) is 11.3. The van der Waals surface area contributed by atoms with Crippen molar-refractivity contribution in [1.29, 1.82) is 0 Å². The summed E-state index contributed by atoms with van der Waals surface area (Å²) in [5.74, 6) is 1.09. The summed E-state index contributed by atoms with van der Waals surface area (Å²) in [4.78, 5) is 43.0. The van der Waals surface area contributed by atoms with E-state index in [1.807, 2.05) is 6.92 Å². The highest BCUT2D eigenvalue weighted by Gasteiger charge is 2.35. The molecular formula is C30H26BrN3O8S. The molecule has 11 nitrogen and oxygen atoms in total. The maximum Gasteiger partial charge on any atom is 0.338 e. The van der Waals surface area contributed by atoms with Crippen LogP contribution in [0, 0.1) is 17.0 Å². The van der Waals surface area contributed by atoms with Crippen molar-refractivity contribution in [3.05, 3.63) is 105 Å². The van der Waals surface area contributed by atoms with Crippen molar-refractivity contribution in [3.8, 4) is 22.8 Å². The van der Waals surface area contributed by atoms with E-state index in [0.717, 1.165) is 16.9 Å². The van der Waals surface area contributed by atoms with Crippen molar-refractivity contribution < 1.29 is 28.3 Å². The number of nitrogens with zero attached hydrogens (tertiary/aromatic N) is 3. The molecule has 0 saturated carbocycles. The van der Waals surface area contributed by atoms with Gasteiger partial charge in [-0.05, 0) is 56.2 Å². The highest BCUT2D eigenvalue weighted by Crippen LogP contribution is 2.41. The van der Waals surface area contributed by atoms with Crippen LogP contribution >= 0.6 is 27.3 Å². The Hall–Kier alpha value is -4.49. The number of aromatic nitrogens is 1. The lowest BCUT2D eigenvalue weighted by Gasteiger charge is -2.26. The number of rotatable bonds is 8. The maximum absolute atomic E-state index is 14.0. The number of aryl methyl sites for hydroxylation is 1. The van der Waals surface area contributed by atoms with Crippen molar-refractivity contribution >= 4 is 45.0 Å². The zero-order valence-electron chi connectivity index (χ0n) is 23.8. The Kier molecular flexibility index (Phi) is 8.38. The molecule has 13 heteroatoms. The van der Waals surface area contributed by atoms with E-state index in [0.29, 0.717) is 53.6 Å². The van der Waals surface area contributed by atoms with Gasteiger partial charge in [0.15, 0.2) is 16.3 Å². The number of hydrogen-bond donors (Lipinski definition) is 0. The summed E-state index contributed by atoms with van der Waals surface area (Å²) in [5.41, 5.74) is 2.13. The molecule has 5 rings (SSSR count). The number of allylic oxidation sites excluding steroid dienone is 1. The number of nitro benzene ring substituents is 1. The molecule has 222 valence electrons. The molecule has 43 heavy (non-hydrogen) atoms. The van der Waals surface area contributed by atoms with Crippen LogP contribution in [0.25, 0.3) is 17.4 Å². The number of carbonyl (C=O) groups excluding carboxylic acids is 1. The normalized spacial score (nSPS) is 14.7. The second-order valence-electron chi connectivity index (χ2n) is 9.49. The van der Waals surface area contributed by atoms with Crippen LogP contribution in [0.5, 0.6) is 11.5 Å². The Morgan fingerprint density at radius 2 is 1.88 bits per heavy atom. The molecule has 0 saturated heterocycles. The number of thiazole rings is 1. The molecule has 1 atom stereocenters. The number of carbonyl (C=O) groups is 1. The lowest BCUT2D eigenvalue weighted by atomic mass is 9.95. The first-order chi connectivity index (χ1) is 20.6. The van der Waals surface area contributed by atoms with Crippen molar-refractivity contribution in [2.24, 2.45) is 4.99 Å². The molecule has 3 heterocycles. The zero-order chi connectivity index (χ0) is 31.0. The van der Waals surface area contributed by atoms with E-state index in [-0.39, 0.29) is 17.9 Å². The molecule has 0 aliphatic carbocycles. The van der Waals surface area contributed by atoms with E-state index >= 15 is 0 Å². The Labute approximate surface area is 257 Å². The van der Waals surface area contributed by atoms with Gasteiger partial charge in [0.1, 0.15) is 11.5 Å². The minimum Gasteiger partial charge on any atom is -0.493 e. The van der Waals surface area contributed by atoms with Gasteiger partial charge in [0.25, 0.3) is 11.2 Å². The summed E-state index contributed by atoms with van der Waals surface area (Å²) in [7, 11) is 3.02. The van der Waals surface area contributed by atoms with Crippen molar-refractivity contribution in [2.75, 3.05) is 20.8 Å². The average molecular weight is 669 g/mol. The van der Waals surface area contributed by atoms with Gasteiger partial charge in [-0.2, -0.15) is 0 Å². The Morgan fingerprint density at radius 3 is 2.56 bits per heavy atom. The monoisotopic (exact) mass is 667 g/mol. The lowest BCUT2D eigenvalue weighted by Crippen LogP contribution is -2.40. The minimum atomic E-state index is -0.883. The summed E-state index contributed by atoms with van der Waals surface area (Å²) in [6.07, 6.45) is 1.59. The molecule has 1 unspecified atom stereocenters. The topological polar surface area (TPSA) is 135 Å². The van der Waals surface area contributed by atoms with Crippen LogP contribution in [0.1, 0.15) is 36.8 Å². The van der Waals surface area contributed by atoms with E-state index in [4.69, 9.17) is 18.6 Å². The molecule has 0 N–H and O–H groups in total. The number of benzene rings is 2. The van der Waals surface area contributed by atoms with E-state index in [1.165, 1.54) is 30.9 Å². The van der Waals surface area contributed by atoms with Gasteiger partial charge in [0.05, 0.1) is 47.6 Å². The van der Waals surface area contributed by atoms with E-state index in [9.17, 15) is 19.7 Å². The summed E-state index contributed by atoms with van der Waals surface area (Å²) in [6.45, 7) is 5.38. The molecule has 2 aromatic carbocycles. The van der Waals surface area contributed by atoms with Crippen molar-refractivity contribution in [3.63, 3.8) is 0 Å². The summed E-state index contributed by atoms with van der Waals surface area (Å²) >= 11 is 4.73. The average Bonchev–Trinajstić information content (AvgIpc) is 3.56. The number of esters is 1. The van der Waals surface area contributed by atoms with Crippen LogP contribution in [0.3, 0.4) is 0 Å². The second-order valence-corrected chi connectivity index (χ2v) is 11.4. The number of halogens is 1. The first-order valence-electron chi connectivity index (χ1n) is 13.0. The van der Waals surface area contributed by atoms with Crippen LogP contribution < -0.4 is 24.4 Å². The summed E-state index contributed by atoms with van der Waals surface area (Å²) < 4.78 is 24.7. The molecule has 0 radical (unpaired) electrons. The van der Waals surface area contributed by atoms with Crippen LogP contribution in [-0.2, 0) is 9.53 Å². The number of ether oxygens (including phenoxy) is 3. The van der Waals surface area contributed by atoms with Gasteiger partial charge in [0, 0.05) is 28.2 Å². The number of methoxy groups -OCH3 is 2. The molecular weight excluding hydrogens is 642 g/mol. The fourth-order valence-corrected chi connectivity index (χ4v) is 6.42. The molecule has 0 amide bonds. The fourth-order valence-electron chi connectivity index (χ4n) is 4.86. The third-order valence-electron chi connectivity index (χ3n) is 6.91. The molecule has 2 aromatic heterocycles. The quantitative estimate of drug-likeness (QED) is 0.145. The molecule has 1 aliphatic heterocycles. The van der Waals surface area contributed by atoms with Gasteiger partial charge in [0.2, 0.25) is 0 Å². The van der Waals surface area contributed by atoms with Gasteiger partial charge < -0.3 is 18.6 Å². The molecule has 0 spiro atoms. The first kappa shape index (κ1) is 30.0. The molecule has 0 bridgehead atoms. The van der Waals surface area contributed by atoms with Crippen LogP contribution in [0.4, 0.5) is 5.69 Å². The third-order valence-corrected chi connectivity index (χ3v) is 8.58. The number of hydrogen-bond acceptors (Lipinski definition) is 10. The van der Waals surface area contributed by atoms with Gasteiger partial charge in [-0.25, -0.2) is 9.79 Å². The standard InChI is InChI=1S/C30H26BrN3O8S/c1-6-41-29(36)26-16(3)32-30-33(27(26)20-13-23(39-4)24(40-5)14-21(20)31)28(35)25(43-30)12-18-9-10-22(42-18)19-11-17(34(37)38)8-7-15(19)2/h7-14,27H,6H2,1-5H3/b25-12-. The van der Waals surface area contributed by atoms with Crippen molar-refractivity contribution in [2.45, 2.75) is 26.8 Å². The number of nitro groups is 1. The molecule has 1 aliphatic rings. The van der Waals surface area contributed by atoms with Gasteiger partial charge in [-0.1, -0.05) is 33.3 Å². The van der Waals surface area contributed by atoms with E-state index in [1.54, 1.807) is 50.3 Å². The molecule has 4 aromatic rings. The highest BCUT2D eigenvalue weighted by atomic mass is 79.9. The van der Waals surface area contributed by atoms with Gasteiger partial charge >= 0.3 is 5.97 Å². The number of furan rings is 1. The predicted octanol–water partition coefficient (Wildman–Crippen LogP) is 5.05. The largest absolute Gasteiger partial charge is 0.493 e.